The zero-order valence-electron chi connectivity index (χ0n) is 13.1. The van der Waals surface area contributed by atoms with Gasteiger partial charge in [0.2, 0.25) is 0 Å². The van der Waals surface area contributed by atoms with Crippen molar-refractivity contribution in [3.05, 3.63) is 34.4 Å². The summed E-state index contributed by atoms with van der Waals surface area (Å²) in [6.45, 7) is 2.72. The van der Waals surface area contributed by atoms with Gasteiger partial charge in [-0.3, -0.25) is 0 Å². The molecule has 8 heteroatoms. The largest absolute Gasteiger partial charge is 0.381 e. The van der Waals surface area contributed by atoms with Gasteiger partial charge in [-0.2, -0.15) is 0 Å². The van der Waals surface area contributed by atoms with Gasteiger partial charge in [0.25, 0.3) is 0 Å². The first-order valence-electron chi connectivity index (χ1n) is 7.78. The highest BCUT2D eigenvalue weighted by atomic mass is 35.5. The van der Waals surface area contributed by atoms with Crippen LogP contribution in [-0.2, 0) is 0 Å². The Morgan fingerprint density at radius 2 is 2.08 bits per heavy atom. The van der Waals surface area contributed by atoms with E-state index in [1.165, 1.54) is 11.8 Å². The van der Waals surface area contributed by atoms with E-state index >= 15 is 0 Å². The van der Waals surface area contributed by atoms with Gasteiger partial charge in [-0.1, -0.05) is 41.0 Å². The molecule has 4 N–H and O–H groups in total. The molecular formula is C16H19Cl2N5S. The van der Waals surface area contributed by atoms with Crippen LogP contribution in [0.3, 0.4) is 0 Å². The Morgan fingerprint density at radius 3 is 2.79 bits per heavy atom. The lowest BCUT2D eigenvalue weighted by molar-refractivity contribution is 0.374. The second-order valence-corrected chi connectivity index (χ2v) is 7.59. The first kappa shape index (κ1) is 17.6. The van der Waals surface area contributed by atoms with Crippen molar-refractivity contribution < 1.29 is 0 Å². The first-order chi connectivity index (χ1) is 11.6. The van der Waals surface area contributed by atoms with Crippen LogP contribution in [0.1, 0.15) is 12.8 Å². The van der Waals surface area contributed by atoms with Crippen molar-refractivity contribution in [3.63, 3.8) is 0 Å². The highest BCUT2D eigenvalue weighted by Gasteiger charge is 2.27. The normalized spacial score (nSPS) is 14.7. The van der Waals surface area contributed by atoms with E-state index in [1.54, 1.807) is 12.3 Å². The molecule has 1 saturated heterocycles. The van der Waals surface area contributed by atoms with Gasteiger partial charge in [0.05, 0.1) is 16.2 Å². The van der Waals surface area contributed by atoms with Crippen LogP contribution < -0.4 is 16.4 Å². The third-order valence-corrected chi connectivity index (χ3v) is 5.97. The zero-order chi connectivity index (χ0) is 17.1. The lowest BCUT2D eigenvalue weighted by atomic mass is 9.95. The summed E-state index contributed by atoms with van der Waals surface area (Å²) in [6.07, 6.45) is 4.00. The van der Waals surface area contributed by atoms with Crippen LogP contribution in [0.5, 0.6) is 0 Å². The van der Waals surface area contributed by atoms with Crippen molar-refractivity contribution in [2.75, 3.05) is 30.3 Å². The molecule has 2 aromatic rings. The predicted molar refractivity (Wildman–Crippen MR) is 101 cm³/mol. The van der Waals surface area contributed by atoms with Gasteiger partial charge < -0.3 is 16.4 Å². The number of benzene rings is 1. The van der Waals surface area contributed by atoms with Gasteiger partial charge in [-0.15, -0.1) is 0 Å². The molecule has 0 aliphatic carbocycles. The molecule has 0 saturated carbocycles. The highest BCUT2D eigenvalue weighted by molar-refractivity contribution is 7.99. The summed E-state index contributed by atoms with van der Waals surface area (Å²) in [7, 11) is 0. The van der Waals surface area contributed by atoms with Gasteiger partial charge in [-0.25, -0.2) is 9.97 Å². The standard InChI is InChI=1S/C16H19Cl2N5S/c17-11-4-1-5-12(14(11)18)24-16-15(20)22-13(7-21-16)23-8-10(9-23)3-2-6-19/h1,4-5,7,10H,2-3,6,8-9,19H2,(H2,20,22). The summed E-state index contributed by atoms with van der Waals surface area (Å²) < 4.78 is 0. The maximum atomic E-state index is 6.21. The molecule has 0 amide bonds. The number of hydrogen-bond acceptors (Lipinski definition) is 6. The second-order valence-electron chi connectivity index (χ2n) is 5.77. The molecule has 1 aliphatic heterocycles. The van der Waals surface area contributed by atoms with E-state index in [9.17, 15) is 0 Å². The van der Waals surface area contributed by atoms with Crippen LogP contribution in [-0.4, -0.2) is 29.6 Å². The van der Waals surface area contributed by atoms with Crippen molar-refractivity contribution in [1.29, 1.82) is 0 Å². The van der Waals surface area contributed by atoms with Crippen molar-refractivity contribution >= 4 is 46.6 Å². The molecule has 0 unspecified atom stereocenters. The number of anilines is 2. The summed E-state index contributed by atoms with van der Waals surface area (Å²) in [4.78, 5) is 11.9. The Labute approximate surface area is 155 Å². The monoisotopic (exact) mass is 383 g/mol. The highest BCUT2D eigenvalue weighted by Crippen LogP contribution is 2.38. The van der Waals surface area contributed by atoms with E-state index in [-0.39, 0.29) is 0 Å². The molecule has 0 atom stereocenters. The van der Waals surface area contributed by atoms with Gasteiger partial charge in [0, 0.05) is 18.0 Å². The molecule has 1 fully saturated rings. The maximum absolute atomic E-state index is 6.21. The number of hydrogen-bond donors (Lipinski definition) is 2. The number of nitrogen functional groups attached to an aromatic ring is 1. The van der Waals surface area contributed by atoms with Crippen molar-refractivity contribution in [2.45, 2.75) is 22.8 Å². The van der Waals surface area contributed by atoms with E-state index in [1.807, 2.05) is 12.1 Å². The van der Waals surface area contributed by atoms with Gasteiger partial charge in [-0.05, 0) is 37.4 Å². The third kappa shape index (κ3) is 3.88. The molecule has 1 aliphatic rings. The van der Waals surface area contributed by atoms with Gasteiger partial charge >= 0.3 is 0 Å². The Bertz CT molecular complexity index is 722. The Hall–Kier alpha value is -1.21. The first-order valence-corrected chi connectivity index (χ1v) is 9.35. The van der Waals surface area contributed by atoms with Gasteiger partial charge in [0.1, 0.15) is 10.8 Å². The van der Waals surface area contributed by atoms with Gasteiger partial charge in [0.15, 0.2) is 5.82 Å². The molecule has 128 valence electrons. The van der Waals surface area contributed by atoms with E-state index in [0.29, 0.717) is 26.8 Å². The summed E-state index contributed by atoms with van der Waals surface area (Å²) in [6, 6.07) is 5.47. The summed E-state index contributed by atoms with van der Waals surface area (Å²) >= 11 is 13.6. The minimum Gasteiger partial charge on any atom is -0.381 e. The maximum Gasteiger partial charge on any atom is 0.158 e. The van der Waals surface area contributed by atoms with E-state index in [2.05, 4.69) is 14.9 Å². The average Bonchev–Trinajstić information content (AvgIpc) is 2.52. The fraction of sp³-hybridized carbons (Fsp3) is 0.375. The molecule has 1 aromatic heterocycles. The average molecular weight is 384 g/mol. The van der Waals surface area contributed by atoms with Crippen molar-refractivity contribution in [2.24, 2.45) is 11.7 Å². The van der Waals surface area contributed by atoms with Crippen LogP contribution in [0.25, 0.3) is 0 Å². The molecule has 3 rings (SSSR count). The number of nitrogens with two attached hydrogens (primary N) is 2. The summed E-state index contributed by atoms with van der Waals surface area (Å²) in [5.74, 6) is 1.91. The second kappa shape index (κ2) is 7.78. The van der Waals surface area contributed by atoms with Crippen LogP contribution in [0.15, 0.2) is 34.3 Å². The Balaban J connectivity index is 1.66. The van der Waals surface area contributed by atoms with Crippen LogP contribution in [0.4, 0.5) is 11.6 Å². The molecule has 0 spiro atoms. The van der Waals surface area contributed by atoms with E-state index in [4.69, 9.17) is 34.7 Å². The fourth-order valence-corrected chi connectivity index (χ4v) is 3.91. The smallest absolute Gasteiger partial charge is 0.158 e. The zero-order valence-corrected chi connectivity index (χ0v) is 15.4. The lowest BCUT2D eigenvalue weighted by Gasteiger charge is -2.40. The quantitative estimate of drug-likeness (QED) is 0.791. The fourth-order valence-electron chi connectivity index (χ4n) is 2.63. The molecule has 2 heterocycles. The SMILES string of the molecule is NCCCC1CN(c2cnc(Sc3cccc(Cl)c3Cl)c(N)n2)C1. The molecule has 5 nitrogen and oxygen atoms in total. The molecular weight excluding hydrogens is 365 g/mol. The Morgan fingerprint density at radius 1 is 1.29 bits per heavy atom. The minimum atomic E-state index is 0.402. The topological polar surface area (TPSA) is 81.1 Å². The number of halogens is 2. The van der Waals surface area contributed by atoms with E-state index < -0.39 is 0 Å². The molecule has 24 heavy (non-hydrogen) atoms. The summed E-state index contributed by atoms with van der Waals surface area (Å²) in [5, 5.41) is 1.64. The number of nitrogens with zero attached hydrogens (tertiary/aromatic N) is 3. The number of rotatable bonds is 6. The van der Waals surface area contributed by atoms with Crippen LogP contribution in [0.2, 0.25) is 10.0 Å². The van der Waals surface area contributed by atoms with Crippen LogP contribution in [0, 0.1) is 5.92 Å². The molecule has 0 radical (unpaired) electrons. The van der Waals surface area contributed by atoms with Crippen molar-refractivity contribution in [1.82, 2.24) is 9.97 Å². The predicted octanol–water partition coefficient (Wildman–Crippen LogP) is 3.69. The third-order valence-electron chi connectivity index (χ3n) is 3.97. The summed E-state index contributed by atoms with van der Waals surface area (Å²) in [5.41, 5.74) is 11.6. The molecule has 1 aromatic carbocycles. The van der Waals surface area contributed by atoms with Crippen molar-refractivity contribution in [3.8, 4) is 0 Å². The lowest BCUT2D eigenvalue weighted by Crippen LogP contribution is -2.47. The Kier molecular flexibility index (Phi) is 5.71. The van der Waals surface area contributed by atoms with Crippen LogP contribution >= 0.6 is 35.0 Å². The molecule has 0 bridgehead atoms. The minimum absolute atomic E-state index is 0.402. The number of aromatic nitrogens is 2. The van der Waals surface area contributed by atoms with E-state index in [0.717, 1.165) is 43.2 Å².